The number of hydrogen-bond donors (Lipinski definition) is 1. The Balaban J connectivity index is 1.79. The first-order valence-corrected chi connectivity index (χ1v) is 6.84. The van der Waals surface area contributed by atoms with E-state index in [0.717, 1.165) is 28.2 Å². The highest BCUT2D eigenvalue weighted by atomic mass is 79.9. The van der Waals surface area contributed by atoms with Crippen LogP contribution >= 0.6 is 15.9 Å². The van der Waals surface area contributed by atoms with Crippen molar-refractivity contribution < 1.29 is 9.47 Å². The van der Waals surface area contributed by atoms with E-state index in [1.165, 1.54) is 0 Å². The quantitative estimate of drug-likeness (QED) is 0.817. The maximum Gasteiger partial charge on any atom is 0.161 e. The standard InChI is InChI=1S/C15H16BrNO2/c1-18-14-4-2-3-5-15(14)19-11-10-17-13-8-6-12(16)7-9-13/h2-9,17H,10-11H2,1H3. The van der Waals surface area contributed by atoms with Crippen LogP contribution in [0.1, 0.15) is 0 Å². The highest BCUT2D eigenvalue weighted by Gasteiger charge is 2.01. The van der Waals surface area contributed by atoms with Crippen molar-refractivity contribution in [2.45, 2.75) is 0 Å². The molecule has 0 amide bonds. The minimum absolute atomic E-state index is 0.580. The van der Waals surface area contributed by atoms with Gasteiger partial charge in [-0.05, 0) is 36.4 Å². The van der Waals surface area contributed by atoms with E-state index in [2.05, 4.69) is 21.2 Å². The third kappa shape index (κ3) is 4.17. The first-order valence-electron chi connectivity index (χ1n) is 6.05. The third-order valence-electron chi connectivity index (χ3n) is 2.60. The van der Waals surface area contributed by atoms with Crippen molar-refractivity contribution in [1.82, 2.24) is 0 Å². The second-order valence-corrected chi connectivity index (χ2v) is 4.85. The lowest BCUT2D eigenvalue weighted by Crippen LogP contribution is -2.11. The molecular formula is C15H16BrNO2. The summed E-state index contributed by atoms with van der Waals surface area (Å²) < 4.78 is 12.0. The normalized spacial score (nSPS) is 10.0. The van der Waals surface area contributed by atoms with Gasteiger partial charge < -0.3 is 14.8 Å². The summed E-state index contributed by atoms with van der Waals surface area (Å²) >= 11 is 3.41. The van der Waals surface area contributed by atoms with Gasteiger partial charge in [-0.15, -0.1) is 0 Å². The van der Waals surface area contributed by atoms with Crippen LogP contribution < -0.4 is 14.8 Å². The molecule has 19 heavy (non-hydrogen) atoms. The molecule has 0 atom stereocenters. The van der Waals surface area contributed by atoms with Gasteiger partial charge in [0.25, 0.3) is 0 Å². The van der Waals surface area contributed by atoms with Gasteiger partial charge in [0.2, 0.25) is 0 Å². The van der Waals surface area contributed by atoms with Crippen LogP contribution in [0.15, 0.2) is 53.0 Å². The maximum absolute atomic E-state index is 5.68. The summed E-state index contributed by atoms with van der Waals surface area (Å²) in [6.07, 6.45) is 0. The number of ether oxygens (including phenoxy) is 2. The van der Waals surface area contributed by atoms with Crippen LogP contribution in [0, 0.1) is 0 Å². The number of hydrogen-bond acceptors (Lipinski definition) is 3. The summed E-state index contributed by atoms with van der Waals surface area (Å²) in [5.74, 6) is 1.52. The fourth-order valence-electron chi connectivity index (χ4n) is 1.66. The van der Waals surface area contributed by atoms with Crippen LogP contribution in [0.5, 0.6) is 11.5 Å². The molecule has 1 N–H and O–H groups in total. The SMILES string of the molecule is COc1ccccc1OCCNc1ccc(Br)cc1. The van der Waals surface area contributed by atoms with Gasteiger partial charge in [-0.3, -0.25) is 0 Å². The summed E-state index contributed by atoms with van der Waals surface area (Å²) in [7, 11) is 1.64. The minimum atomic E-state index is 0.580. The molecule has 0 saturated carbocycles. The Morgan fingerprint density at radius 2 is 1.68 bits per heavy atom. The molecule has 0 aromatic heterocycles. The molecule has 0 radical (unpaired) electrons. The van der Waals surface area contributed by atoms with E-state index in [4.69, 9.17) is 9.47 Å². The van der Waals surface area contributed by atoms with Gasteiger partial charge in [-0.25, -0.2) is 0 Å². The zero-order chi connectivity index (χ0) is 13.5. The van der Waals surface area contributed by atoms with Crippen molar-refractivity contribution in [1.29, 1.82) is 0 Å². The van der Waals surface area contributed by atoms with Crippen molar-refractivity contribution in [3.63, 3.8) is 0 Å². The number of halogens is 1. The van der Waals surface area contributed by atoms with Crippen LogP contribution in [0.3, 0.4) is 0 Å². The lowest BCUT2D eigenvalue weighted by molar-refractivity contribution is 0.306. The van der Waals surface area contributed by atoms with Crippen LogP contribution in [0.4, 0.5) is 5.69 Å². The molecular weight excluding hydrogens is 306 g/mol. The molecule has 3 nitrogen and oxygen atoms in total. The van der Waals surface area contributed by atoms with Gasteiger partial charge in [0.05, 0.1) is 7.11 Å². The van der Waals surface area contributed by atoms with Gasteiger partial charge in [0.15, 0.2) is 11.5 Å². The van der Waals surface area contributed by atoms with Gasteiger partial charge in [0, 0.05) is 16.7 Å². The van der Waals surface area contributed by atoms with Gasteiger partial charge in [-0.1, -0.05) is 28.1 Å². The molecule has 0 aliphatic heterocycles. The Morgan fingerprint density at radius 1 is 1.00 bits per heavy atom. The molecule has 4 heteroatoms. The first-order chi connectivity index (χ1) is 9.29. The molecule has 0 spiro atoms. The maximum atomic E-state index is 5.68. The topological polar surface area (TPSA) is 30.5 Å². The Labute approximate surface area is 121 Å². The number of benzene rings is 2. The number of methoxy groups -OCH3 is 1. The highest BCUT2D eigenvalue weighted by Crippen LogP contribution is 2.25. The molecule has 0 saturated heterocycles. The van der Waals surface area contributed by atoms with E-state index < -0.39 is 0 Å². The Bertz CT molecular complexity index is 514. The number of para-hydroxylation sites is 2. The van der Waals surface area contributed by atoms with Gasteiger partial charge in [0.1, 0.15) is 6.61 Å². The van der Waals surface area contributed by atoms with Crippen molar-refractivity contribution in [3.8, 4) is 11.5 Å². The summed E-state index contributed by atoms with van der Waals surface area (Å²) in [6, 6.07) is 15.7. The molecule has 0 aliphatic rings. The van der Waals surface area contributed by atoms with Crippen molar-refractivity contribution >= 4 is 21.6 Å². The van der Waals surface area contributed by atoms with E-state index in [1.807, 2.05) is 48.5 Å². The molecule has 0 fully saturated rings. The zero-order valence-corrected chi connectivity index (χ0v) is 12.3. The minimum Gasteiger partial charge on any atom is -0.493 e. The first kappa shape index (κ1) is 13.7. The molecule has 100 valence electrons. The van der Waals surface area contributed by atoms with E-state index in [1.54, 1.807) is 7.11 Å². The summed E-state index contributed by atoms with van der Waals surface area (Å²) in [6.45, 7) is 1.32. The number of nitrogens with one attached hydrogen (secondary N) is 1. The average molecular weight is 322 g/mol. The number of rotatable bonds is 6. The molecule has 0 bridgehead atoms. The van der Waals surface area contributed by atoms with Crippen molar-refractivity contribution in [2.75, 3.05) is 25.6 Å². The molecule has 0 unspecified atom stereocenters. The fourth-order valence-corrected chi connectivity index (χ4v) is 1.93. The smallest absolute Gasteiger partial charge is 0.161 e. The van der Waals surface area contributed by atoms with Crippen molar-refractivity contribution in [2.24, 2.45) is 0 Å². The summed E-state index contributed by atoms with van der Waals surface area (Å²) in [5.41, 5.74) is 1.08. The van der Waals surface area contributed by atoms with E-state index in [9.17, 15) is 0 Å². The van der Waals surface area contributed by atoms with Crippen LogP contribution in [-0.2, 0) is 0 Å². The Kier molecular flexibility index (Phi) is 5.10. The molecule has 2 aromatic rings. The van der Waals surface area contributed by atoms with Gasteiger partial charge in [-0.2, -0.15) is 0 Å². The lowest BCUT2D eigenvalue weighted by atomic mass is 10.3. The third-order valence-corrected chi connectivity index (χ3v) is 3.13. The predicted octanol–water partition coefficient (Wildman–Crippen LogP) is 3.95. The second kappa shape index (κ2) is 7.04. The Hall–Kier alpha value is -1.68. The highest BCUT2D eigenvalue weighted by molar-refractivity contribution is 9.10. The van der Waals surface area contributed by atoms with Crippen LogP contribution in [-0.4, -0.2) is 20.3 Å². The van der Waals surface area contributed by atoms with Gasteiger partial charge >= 0.3 is 0 Å². The second-order valence-electron chi connectivity index (χ2n) is 3.93. The lowest BCUT2D eigenvalue weighted by Gasteiger charge is -2.11. The van der Waals surface area contributed by atoms with Crippen LogP contribution in [0.25, 0.3) is 0 Å². The molecule has 0 heterocycles. The summed E-state index contributed by atoms with van der Waals surface area (Å²) in [5, 5.41) is 3.29. The van der Waals surface area contributed by atoms with Crippen LogP contribution in [0.2, 0.25) is 0 Å². The summed E-state index contributed by atoms with van der Waals surface area (Å²) in [4.78, 5) is 0. The molecule has 0 aliphatic carbocycles. The monoisotopic (exact) mass is 321 g/mol. The van der Waals surface area contributed by atoms with Crippen molar-refractivity contribution in [3.05, 3.63) is 53.0 Å². The Morgan fingerprint density at radius 3 is 2.37 bits per heavy atom. The fraction of sp³-hybridized carbons (Fsp3) is 0.200. The van der Waals surface area contributed by atoms with E-state index in [0.29, 0.717) is 6.61 Å². The zero-order valence-electron chi connectivity index (χ0n) is 10.7. The van der Waals surface area contributed by atoms with E-state index >= 15 is 0 Å². The molecule has 2 rings (SSSR count). The van der Waals surface area contributed by atoms with E-state index in [-0.39, 0.29) is 0 Å². The average Bonchev–Trinajstić information content (AvgIpc) is 2.46. The largest absolute Gasteiger partial charge is 0.493 e. The molecule has 2 aromatic carbocycles. The predicted molar refractivity (Wildman–Crippen MR) is 81.1 cm³/mol. The number of anilines is 1.